The molecule has 6 heteroatoms. The zero-order valence-corrected chi connectivity index (χ0v) is 27.0. The van der Waals surface area contributed by atoms with Crippen molar-refractivity contribution in [1.29, 1.82) is 0 Å². The summed E-state index contributed by atoms with van der Waals surface area (Å²) in [5.41, 5.74) is 5.22. The third-order valence-corrected chi connectivity index (χ3v) is 9.32. The fraction of sp³-hybridized carbons (Fsp3) is 0.667. The minimum Gasteiger partial charge on any atom is -0.389 e. The van der Waals surface area contributed by atoms with Crippen molar-refractivity contribution >= 4 is 11.4 Å². The van der Waals surface area contributed by atoms with Gasteiger partial charge in [-0.3, -0.25) is 0 Å². The van der Waals surface area contributed by atoms with Crippen molar-refractivity contribution < 1.29 is 19.7 Å². The largest absolute Gasteiger partial charge is 0.389 e. The Morgan fingerprint density at radius 1 is 0.667 bits per heavy atom. The van der Waals surface area contributed by atoms with Gasteiger partial charge in [0.25, 0.3) is 0 Å². The summed E-state index contributed by atoms with van der Waals surface area (Å²) in [6, 6.07) is 17.2. The number of anilines is 2. The van der Waals surface area contributed by atoms with E-state index < -0.39 is 12.2 Å². The minimum absolute atomic E-state index is 0.00113. The highest BCUT2D eigenvalue weighted by Gasteiger charge is 2.38. The van der Waals surface area contributed by atoms with Gasteiger partial charge in [-0.05, 0) is 88.5 Å². The van der Waals surface area contributed by atoms with Crippen molar-refractivity contribution in [3.8, 4) is 0 Å². The lowest BCUT2D eigenvalue weighted by molar-refractivity contribution is 0.0324. The maximum absolute atomic E-state index is 10.8. The molecule has 2 heterocycles. The Balaban J connectivity index is 1.06. The Labute approximate surface area is 255 Å². The SMILES string of the molecule is CC1CC(C)(C)N(CC(O)COCCCCCCOCC(O)CN2c3ccccc3C(C)CC2(C)C)c2ccccc21. The van der Waals surface area contributed by atoms with Crippen LogP contribution in [0.2, 0.25) is 0 Å². The number of fused-ring (bicyclic) bond motifs is 2. The number of ether oxygens (including phenoxy) is 2. The lowest BCUT2D eigenvalue weighted by Crippen LogP contribution is -2.52. The van der Waals surface area contributed by atoms with Crippen molar-refractivity contribution in [2.24, 2.45) is 0 Å². The molecule has 2 N–H and O–H groups in total. The van der Waals surface area contributed by atoms with E-state index in [-0.39, 0.29) is 11.1 Å². The van der Waals surface area contributed by atoms with Gasteiger partial charge in [0.15, 0.2) is 0 Å². The van der Waals surface area contributed by atoms with Crippen LogP contribution in [-0.4, -0.2) is 73.0 Å². The van der Waals surface area contributed by atoms with Gasteiger partial charge in [-0.25, -0.2) is 0 Å². The smallest absolute Gasteiger partial charge is 0.0948 e. The molecular weight excluding hydrogens is 524 g/mol. The number of aliphatic hydroxyl groups is 2. The molecular formula is C36H56N2O4. The molecule has 2 aliphatic rings. The predicted octanol–water partition coefficient (Wildman–Crippen LogP) is 6.89. The molecule has 4 atom stereocenters. The summed E-state index contributed by atoms with van der Waals surface area (Å²) < 4.78 is 11.7. The van der Waals surface area contributed by atoms with Gasteiger partial charge in [-0.15, -0.1) is 0 Å². The number of hydrogen-bond acceptors (Lipinski definition) is 6. The molecule has 0 radical (unpaired) electrons. The van der Waals surface area contributed by atoms with Gasteiger partial charge >= 0.3 is 0 Å². The molecule has 4 rings (SSSR count). The number of nitrogens with zero attached hydrogens (tertiary/aromatic N) is 2. The van der Waals surface area contributed by atoms with E-state index in [0.717, 1.165) is 38.5 Å². The summed E-state index contributed by atoms with van der Waals surface area (Å²) in [4.78, 5) is 4.72. The second kappa shape index (κ2) is 14.6. The van der Waals surface area contributed by atoms with Gasteiger partial charge in [0.05, 0.1) is 25.4 Å². The monoisotopic (exact) mass is 580 g/mol. The van der Waals surface area contributed by atoms with Crippen LogP contribution in [0.4, 0.5) is 11.4 Å². The van der Waals surface area contributed by atoms with Gasteiger partial charge in [0, 0.05) is 48.8 Å². The average molecular weight is 581 g/mol. The van der Waals surface area contributed by atoms with Crippen molar-refractivity contribution in [2.75, 3.05) is 49.3 Å². The third kappa shape index (κ3) is 8.28. The summed E-state index contributed by atoms with van der Waals surface area (Å²) in [6.07, 6.45) is 5.22. The summed E-state index contributed by atoms with van der Waals surface area (Å²) in [5.74, 6) is 1.04. The van der Waals surface area contributed by atoms with Gasteiger partial charge in [-0.1, -0.05) is 63.1 Å². The summed E-state index contributed by atoms with van der Waals surface area (Å²) in [7, 11) is 0. The van der Waals surface area contributed by atoms with Gasteiger partial charge in [0.2, 0.25) is 0 Å². The summed E-state index contributed by atoms with van der Waals surface area (Å²) in [5, 5.41) is 21.5. The highest BCUT2D eigenvalue weighted by molar-refractivity contribution is 5.60. The van der Waals surface area contributed by atoms with Crippen LogP contribution in [-0.2, 0) is 9.47 Å². The maximum Gasteiger partial charge on any atom is 0.0948 e. The van der Waals surface area contributed by atoms with E-state index in [9.17, 15) is 10.2 Å². The number of hydrogen-bond donors (Lipinski definition) is 2. The maximum atomic E-state index is 10.8. The standard InChI is InChI=1S/C36H56N2O4/c1-27-21-35(3,4)37(33-17-11-9-15-31(27)33)23-29(39)25-41-19-13-7-8-14-20-42-26-30(40)24-38-34-18-12-10-16-32(34)28(2)22-36(38,5)6/h9-12,15-18,27-30,39-40H,7-8,13-14,19-26H2,1-6H3. The van der Waals surface area contributed by atoms with E-state index in [1.54, 1.807) is 0 Å². The van der Waals surface area contributed by atoms with E-state index in [1.807, 2.05) is 0 Å². The Morgan fingerprint density at radius 3 is 1.45 bits per heavy atom. The predicted molar refractivity (Wildman–Crippen MR) is 174 cm³/mol. The molecule has 2 aromatic rings. The number of para-hydroxylation sites is 2. The molecule has 0 fully saturated rings. The van der Waals surface area contributed by atoms with Crippen molar-refractivity contribution in [2.45, 2.75) is 115 Å². The highest BCUT2D eigenvalue weighted by Crippen LogP contribution is 2.44. The number of unbranched alkanes of at least 4 members (excludes halogenated alkanes) is 3. The molecule has 0 aromatic heterocycles. The Kier molecular flexibility index (Phi) is 11.4. The molecule has 0 aliphatic carbocycles. The summed E-state index contributed by atoms with van der Waals surface area (Å²) in [6.45, 7) is 16.9. The molecule has 0 saturated carbocycles. The van der Waals surface area contributed by atoms with Crippen LogP contribution in [0.25, 0.3) is 0 Å². The highest BCUT2D eigenvalue weighted by atomic mass is 16.5. The average Bonchev–Trinajstić information content (AvgIpc) is 2.94. The van der Waals surface area contributed by atoms with E-state index in [0.29, 0.717) is 51.4 Å². The Hall–Kier alpha value is -2.12. The minimum atomic E-state index is -0.516. The number of β-amino-alcohol motifs (C(OH)–C–C–N with tert-alkyl or cyclic N) is 2. The molecule has 42 heavy (non-hydrogen) atoms. The van der Waals surface area contributed by atoms with Crippen molar-refractivity contribution in [3.05, 3.63) is 59.7 Å². The summed E-state index contributed by atoms with van der Waals surface area (Å²) >= 11 is 0. The second-order valence-corrected chi connectivity index (χ2v) is 14.0. The van der Waals surface area contributed by atoms with Crippen LogP contribution in [0.5, 0.6) is 0 Å². The van der Waals surface area contributed by atoms with Crippen LogP contribution in [0.15, 0.2) is 48.5 Å². The Bertz CT molecular complexity index is 1030. The van der Waals surface area contributed by atoms with E-state index in [2.05, 4.69) is 99.9 Å². The molecule has 0 amide bonds. The topological polar surface area (TPSA) is 65.4 Å². The fourth-order valence-electron chi connectivity index (χ4n) is 7.31. The van der Waals surface area contributed by atoms with Crippen molar-refractivity contribution in [3.63, 3.8) is 0 Å². The van der Waals surface area contributed by atoms with Crippen LogP contribution < -0.4 is 9.80 Å². The first kappa shape index (κ1) is 32.8. The van der Waals surface area contributed by atoms with Gasteiger partial charge in [0.1, 0.15) is 0 Å². The third-order valence-electron chi connectivity index (χ3n) is 9.32. The van der Waals surface area contributed by atoms with Crippen LogP contribution in [0, 0.1) is 0 Å². The lowest BCUT2D eigenvalue weighted by atomic mass is 9.80. The number of rotatable bonds is 15. The second-order valence-electron chi connectivity index (χ2n) is 14.0. The number of benzene rings is 2. The van der Waals surface area contributed by atoms with Gasteiger partial charge < -0.3 is 29.5 Å². The van der Waals surface area contributed by atoms with E-state index in [4.69, 9.17) is 9.47 Å². The first-order chi connectivity index (χ1) is 20.0. The van der Waals surface area contributed by atoms with E-state index >= 15 is 0 Å². The van der Waals surface area contributed by atoms with Crippen LogP contribution in [0.1, 0.15) is 103 Å². The fourth-order valence-corrected chi connectivity index (χ4v) is 7.31. The van der Waals surface area contributed by atoms with Crippen molar-refractivity contribution in [1.82, 2.24) is 0 Å². The van der Waals surface area contributed by atoms with Crippen LogP contribution >= 0.6 is 0 Å². The molecule has 2 aliphatic heterocycles. The molecule has 4 unspecified atom stereocenters. The lowest BCUT2D eigenvalue weighted by Gasteiger charge is -2.48. The normalized spacial score (nSPS) is 22.4. The number of aliphatic hydroxyl groups excluding tert-OH is 2. The van der Waals surface area contributed by atoms with Gasteiger partial charge in [-0.2, -0.15) is 0 Å². The molecule has 2 aromatic carbocycles. The van der Waals surface area contributed by atoms with E-state index in [1.165, 1.54) is 22.5 Å². The van der Waals surface area contributed by atoms with Crippen LogP contribution in [0.3, 0.4) is 0 Å². The zero-order chi connectivity index (χ0) is 30.3. The Morgan fingerprint density at radius 2 is 1.05 bits per heavy atom. The first-order valence-electron chi connectivity index (χ1n) is 16.2. The molecule has 0 bridgehead atoms. The molecule has 0 spiro atoms. The first-order valence-corrected chi connectivity index (χ1v) is 16.2. The zero-order valence-electron chi connectivity index (χ0n) is 27.0. The molecule has 0 saturated heterocycles. The molecule has 6 nitrogen and oxygen atoms in total. The quantitative estimate of drug-likeness (QED) is 0.224. The molecule has 234 valence electrons.